The molecule has 1 heterocycles. The van der Waals surface area contributed by atoms with E-state index >= 15 is 0 Å². The van der Waals surface area contributed by atoms with Crippen molar-refractivity contribution < 1.29 is 9.52 Å². The van der Waals surface area contributed by atoms with E-state index in [0.717, 1.165) is 23.7 Å². The Bertz CT molecular complexity index is 288. The van der Waals surface area contributed by atoms with Gasteiger partial charge in [0.05, 0.1) is 4.47 Å². The number of halogens is 2. The summed E-state index contributed by atoms with van der Waals surface area (Å²) in [5.41, 5.74) is 0. The van der Waals surface area contributed by atoms with E-state index in [1.165, 1.54) is 0 Å². The highest BCUT2D eigenvalue weighted by molar-refractivity contribution is 9.13. The van der Waals surface area contributed by atoms with Gasteiger partial charge in [-0.3, -0.25) is 0 Å². The molecule has 0 radical (unpaired) electrons. The average molecular weight is 340 g/mol. The van der Waals surface area contributed by atoms with Gasteiger partial charge < -0.3 is 9.52 Å². The zero-order valence-electron chi connectivity index (χ0n) is 8.96. The molecule has 1 aromatic heterocycles. The van der Waals surface area contributed by atoms with E-state index in [9.17, 15) is 5.11 Å². The summed E-state index contributed by atoms with van der Waals surface area (Å²) in [6.45, 7) is 4.37. The van der Waals surface area contributed by atoms with Crippen LogP contribution in [0, 0.1) is 5.92 Å². The molecule has 0 spiro atoms. The molecule has 0 aromatic carbocycles. The van der Waals surface area contributed by atoms with Gasteiger partial charge in [0.25, 0.3) is 0 Å². The van der Waals surface area contributed by atoms with Gasteiger partial charge in [0, 0.05) is 0 Å². The summed E-state index contributed by atoms with van der Waals surface area (Å²) in [5, 5.41) is 9.84. The second-order valence-corrected chi connectivity index (χ2v) is 5.69. The molecule has 0 saturated carbocycles. The normalized spacial score (nSPS) is 13.5. The molecule has 0 fully saturated rings. The fourth-order valence-electron chi connectivity index (χ4n) is 1.39. The summed E-state index contributed by atoms with van der Waals surface area (Å²) in [7, 11) is 0. The van der Waals surface area contributed by atoms with Crippen molar-refractivity contribution in [2.75, 3.05) is 0 Å². The molecule has 0 aliphatic heterocycles. The first kappa shape index (κ1) is 13.3. The maximum absolute atomic E-state index is 9.84. The van der Waals surface area contributed by atoms with Crippen LogP contribution in [0.5, 0.6) is 0 Å². The monoisotopic (exact) mass is 338 g/mol. The molecule has 1 rings (SSSR count). The van der Waals surface area contributed by atoms with E-state index in [0.29, 0.717) is 16.3 Å². The highest BCUT2D eigenvalue weighted by Gasteiger charge is 2.14. The van der Waals surface area contributed by atoms with Gasteiger partial charge in [-0.15, -0.1) is 0 Å². The van der Waals surface area contributed by atoms with E-state index in [-0.39, 0.29) is 0 Å². The van der Waals surface area contributed by atoms with Crippen molar-refractivity contribution in [1.82, 2.24) is 0 Å². The van der Waals surface area contributed by atoms with Crippen LogP contribution in [0.3, 0.4) is 0 Å². The fraction of sp³-hybridized carbons (Fsp3) is 0.636. The first-order valence-corrected chi connectivity index (χ1v) is 6.72. The molecular weight excluding hydrogens is 324 g/mol. The molecule has 1 atom stereocenters. The minimum atomic E-state index is -0.494. The quantitative estimate of drug-likeness (QED) is 0.846. The maximum Gasteiger partial charge on any atom is 0.183 e. The van der Waals surface area contributed by atoms with Crippen molar-refractivity contribution in [3.8, 4) is 0 Å². The highest BCUT2D eigenvalue weighted by Crippen LogP contribution is 2.31. The molecule has 1 unspecified atom stereocenters. The molecule has 0 saturated heterocycles. The van der Waals surface area contributed by atoms with Gasteiger partial charge in [0.2, 0.25) is 0 Å². The second kappa shape index (κ2) is 6.06. The van der Waals surface area contributed by atoms with Crippen molar-refractivity contribution in [2.45, 2.75) is 39.2 Å². The average Bonchev–Trinajstić information content (AvgIpc) is 2.46. The van der Waals surface area contributed by atoms with Gasteiger partial charge in [-0.05, 0) is 50.3 Å². The van der Waals surface area contributed by atoms with Crippen molar-refractivity contribution >= 4 is 31.9 Å². The molecule has 2 nitrogen and oxygen atoms in total. The number of furan rings is 1. The molecular formula is C11H16Br2O2. The van der Waals surface area contributed by atoms with Crippen LogP contribution in [0.4, 0.5) is 0 Å². The lowest BCUT2D eigenvalue weighted by Crippen LogP contribution is -1.97. The highest BCUT2D eigenvalue weighted by atomic mass is 79.9. The molecule has 4 heteroatoms. The third kappa shape index (κ3) is 4.29. The van der Waals surface area contributed by atoms with Crippen molar-refractivity contribution in [1.29, 1.82) is 0 Å². The summed E-state index contributed by atoms with van der Waals surface area (Å²) in [6.07, 6.45) is 2.42. The first-order valence-electron chi connectivity index (χ1n) is 5.13. The van der Waals surface area contributed by atoms with Crippen LogP contribution >= 0.6 is 31.9 Å². The standard InChI is InChI=1S/C11H16Br2O2/c1-7(2)4-3-5-9(14)10-6-8(12)11(13)15-10/h6-7,9,14H,3-5H2,1-2H3. The topological polar surface area (TPSA) is 33.4 Å². The lowest BCUT2D eigenvalue weighted by molar-refractivity contribution is 0.134. The number of hydrogen-bond donors (Lipinski definition) is 1. The van der Waals surface area contributed by atoms with Crippen molar-refractivity contribution in [3.05, 3.63) is 21.0 Å². The predicted octanol–water partition coefficient (Wildman–Crippen LogP) is 4.66. The van der Waals surface area contributed by atoms with Crippen LogP contribution in [0.2, 0.25) is 0 Å². The Balaban J connectivity index is 2.43. The number of rotatable bonds is 5. The Morgan fingerprint density at radius 1 is 1.33 bits per heavy atom. The summed E-state index contributed by atoms with van der Waals surface area (Å²) < 4.78 is 6.84. The van der Waals surface area contributed by atoms with Crippen LogP contribution in [0.15, 0.2) is 19.6 Å². The lowest BCUT2D eigenvalue weighted by Gasteiger charge is -2.08. The molecule has 0 aliphatic rings. The van der Waals surface area contributed by atoms with Crippen LogP contribution in [0.1, 0.15) is 45.0 Å². The number of aliphatic hydroxyl groups is 1. The van der Waals surface area contributed by atoms with E-state index in [1.807, 2.05) is 6.07 Å². The zero-order valence-corrected chi connectivity index (χ0v) is 12.1. The zero-order chi connectivity index (χ0) is 11.4. The molecule has 0 aliphatic carbocycles. The Hall–Kier alpha value is 0.200. The van der Waals surface area contributed by atoms with Gasteiger partial charge in [0.15, 0.2) is 4.67 Å². The molecule has 1 N–H and O–H groups in total. The molecule has 1 aromatic rings. The Labute approximate surface area is 107 Å². The Morgan fingerprint density at radius 2 is 2.00 bits per heavy atom. The van der Waals surface area contributed by atoms with Crippen LogP contribution in [0.25, 0.3) is 0 Å². The summed E-state index contributed by atoms with van der Waals surface area (Å²) in [5.74, 6) is 1.31. The largest absolute Gasteiger partial charge is 0.450 e. The van der Waals surface area contributed by atoms with Gasteiger partial charge in [-0.1, -0.05) is 26.7 Å². The SMILES string of the molecule is CC(C)CCCC(O)c1cc(Br)c(Br)o1. The van der Waals surface area contributed by atoms with Gasteiger partial charge >= 0.3 is 0 Å². The molecule has 0 amide bonds. The first-order chi connectivity index (χ1) is 7.00. The molecule has 15 heavy (non-hydrogen) atoms. The van der Waals surface area contributed by atoms with E-state index in [4.69, 9.17) is 4.42 Å². The van der Waals surface area contributed by atoms with Gasteiger partial charge in [-0.2, -0.15) is 0 Å². The molecule has 0 bridgehead atoms. The van der Waals surface area contributed by atoms with E-state index < -0.39 is 6.10 Å². The van der Waals surface area contributed by atoms with E-state index in [2.05, 4.69) is 45.7 Å². The minimum absolute atomic E-state index is 0.494. The lowest BCUT2D eigenvalue weighted by atomic mass is 10.0. The van der Waals surface area contributed by atoms with Gasteiger partial charge in [-0.25, -0.2) is 0 Å². The maximum atomic E-state index is 9.84. The fourth-order valence-corrected chi connectivity index (χ4v) is 2.00. The third-order valence-electron chi connectivity index (χ3n) is 2.25. The van der Waals surface area contributed by atoms with Crippen molar-refractivity contribution in [3.63, 3.8) is 0 Å². The third-order valence-corrected chi connectivity index (χ3v) is 3.96. The van der Waals surface area contributed by atoms with Gasteiger partial charge in [0.1, 0.15) is 11.9 Å². The minimum Gasteiger partial charge on any atom is -0.450 e. The summed E-state index contributed by atoms with van der Waals surface area (Å²) >= 11 is 6.58. The van der Waals surface area contributed by atoms with Crippen LogP contribution < -0.4 is 0 Å². The molecule has 86 valence electrons. The van der Waals surface area contributed by atoms with Crippen LogP contribution in [-0.4, -0.2) is 5.11 Å². The van der Waals surface area contributed by atoms with Crippen molar-refractivity contribution in [2.24, 2.45) is 5.92 Å². The Kier molecular flexibility index (Phi) is 5.36. The number of aliphatic hydroxyl groups excluding tert-OH is 1. The predicted molar refractivity (Wildman–Crippen MR) is 67.8 cm³/mol. The summed E-state index contributed by atoms with van der Waals surface area (Å²) in [4.78, 5) is 0. The summed E-state index contributed by atoms with van der Waals surface area (Å²) in [6, 6.07) is 1.81. The number of hydrogen-bond acceptors (Lipinski definition) is 2. The van der Waals surface area contributed by atoms with E-state index in [1.54, 1.807) is 0 Å². The van der Waals surface area contributed by atoms with Crippen LogP contribution in [-0.2, 0) is 0 Å². The Morgan fingerprint density at radius 3 is 2.47 bits per heavy atom. The second-order valence-electron chi connectivity index (χ2n) is 4.11. The smallest absolute Gasteiger partial charge is 0.183 e.